The van der Waals surface area contributed by atoms with Crippen molar-refractivity contribution >= 4 is 15.9 Å². The van der Waals surface area contributed by atoms with Gasteiger partial charge in [0.15, 0.2) is 0 Å². The number of hydrogen-bond acceptors (Lipinski definition) is 1. The van der Waals surface area contributed by atoms with E-state index < -0.39 is 6.17 Å². The van der Waals surface area contributed by atoms with Crippen molar-refractivity contribution in [1.82, 2.24) is 0 Å². The SMILES string of the molecule is Cc1c(Br)cccc1C1(CO)CC(F)C1. The first-order valence-corrected chi connectivity index (χ1v) is 5.89. The van der Waals surface area contributed by atoms with Crippen molar-refractivity contribution in [1.29, 1.82) is 0 Å². The maximum absolute atomic E-state index is 13.0. The zero-order valence-corrected chi connectivity index (χ0v) is 10.2. The fourth-order valence-electron chi connectivity index (χ4n) is 2.40. The molecule has 1 saturated carbocycles. The summed E-state index contributed by atoms with van der Waals surface area (Å²) in [5.41, 5.74) is 1.85. The van der Waals surface area contributed by atoms with Crippen molar-refractivity contribution in [2.75, 3.05) is 6.61 Å². The van der Waals surface area contributed by atoms with E-state index in [1.165, 1.54) is 0 Å². The van der Waals surface area contributed by atoms with Crippen molar-refractivity contribution in [3.8, 4) is 0 Å². The summed E-state index contributed by atoms with van der Waals surface area (Å²) in [7, 11) is 0. The van der Waals surface area contributed by atoms with Crippen molar-refractivity contribution < 1.29 is 9.50 Å². The number of aliphatic hydroxyl groups excluding tert-OH is 1. The highest BCUT2D eigenvalue weighted by Crippen LogP contribution is 2.47. The van der Waals surface area contributed by atoms with Gasteiger partial charge >= 0.3 is 0 Å². The van der Waals surface area contributed by atoms with E-state index in [4.69, 9.17) is 0 Å². The quantitative estimate of drug-likeness (QED) is 0.877. The van der Waals surface area contributed by atoms with Crippen LogP contribution in [0.25, 0.3) is 0 Å². The Kier molecular flexibility index (Phi) is 2.86. The summed E-state index contributed by atoms with van der Waals surface area (Å²) in [5.74, 6) is 0. The Balaban J connectivity index is 2.40. The second-order valence-electron chi connectivity index (χ2n) is 4.36. The molecule has 1 fully saturated rings. The molecule has 0 atom stereocenters. The van der Waals surface area contributed by atoms with Crippen molar-refractivity contribution in [2.45, 2.75) is 31.4 Å². The third-order valence-electron chi connectivity index (χ3n) is 3.37. The van der Waals surface area contributed by atoms with Gasteiger partial charge in [0.2, 0.25) is 0 Å². The summed E-state index contributed by atoms with van der Waals surface area (Å²) in [6, 6.07) is 5.90. The molecule has 1 aromatic carbocycles. The Morgan fingerprint density at radius 2 is 2.20 bits per heavy atom. The first-order chi connectivity index (χ1) is 7.09. The van der Waals surface area contributed by atoms with E-state index in [-0.39, 0.29) is 12.0 Å². The molecule has 0 spiro atoms. The first kappa shape index (κ1) is 11.1. The second kappa shape index (κ2) is 3.87. The lowest BCUT2D eigenvalue weighted by Crippen LogP contribution is -2.46. The van der Waals surface area contributed by atoms with Gasteiger partial charge in [-0.3, -0.25) is 0 Å². The maximum Gasteiger partial charge on any atom is 0.102 e. The second-order valence-corrected chi connectivity index (χ2v) is 5.21. The van der Waals surface area contributed by atoms with Crippen LogP contribution in [0.2, 0.25) is 0 Å². The number of benzene rings is 1. The van der Waals surface area contributed by atoms with E-state index in [1.54, 1.807) is 0 Å². The molecule has 1 nitrogen and oxygen atoms in total. The van der Waals surface area contributed by atoms with Gasteiger partial charge in [-0.25, -0.2) is 4.39 Å². The van der Waals surface area contributed by atoms with Gasteiger partial charge in [0, 0.05) is 9.89 Å². The van der Waals surface area contributed by atoms with Crippen molar-refractivity contribution in [2.24, 2.45) is 0 Å². The fraction of sp³-hybridized carbons (Fsp3) is 0.500. The molecular formula is C12H14BrFO. The predicted molar refractivity (Wildman–Crippen MR) is 61.8 cm³/mol. The summed E-state index contributed by atoms with van der Waals surface area (Å²) in [6.45, 7) is 2.03. The summed E-state index contributed by atoms with van der Waals surface area (Å²) in [5, 5.41) is 9.44. The van der Waals surface area contributed by atoms with Gasteiger partial charge in [0.25, 0.3) is 0 Å². The van der Waals surface area contributed by atoms with E-state index in [0.717, 1.165) is 15.6 Å². The molecule has 1 aliphatic rings. The molecule has 0 radical (unpaired) electrons. The van der Waals surface area contributed by atoms with Gasteiger partial charge in [-0.15, -0.1) is 0 Å². The normalized spacial score (nSPS) is 30.0. The standard InChI is InChI=1S/C12H14BrFO/c1-8-10(3-2-4-11(8)13)12(7-15)5-9(14)6-12/h2-4,9,15H,5-7H2,1H3. The van der Waals surface area contributed by atoms with Crippen LogP contribution in [0.3, 0.4) is 0 Å². The molecule has 15 heavy (non-hydrogen) atoms. The molecule has 1 aromatic rings. The third-order valence-corrected chi connectivity index (χ3v) is 4.23. The molecule has 0 amide bonds. The van der Waals surface area contributed by atoms with Gasteiger partial charge in [-0.05, 0) is 37.0 Å². The molecule has 0 aliphatic heterocycles. The summed E-state index contributed by atoms with van der Waals surface area (Å²) in [6.07, 6.45) is 0.136. The monoisotopic (exact) mass is 272 g/mol. The Hall–Kier alpha value is -0.410. The summed E-state index contributed by atoms with van der Waals surface area (Å²) < 4.78 is 14.0. The number of aliphatic hydroxyl groups is 1. The van der Waals surface area contributed by atoms with E-state index >= 15 is 0 Å². The van der Waals surface area contributed by atoms with Crippen LogP contribution < -0.4 is 0 Å². The van der Waals surface area contributed by atoms with Gasteiger partial charge in [0.05, 0.1) is 6.61 Å². The van der Waals surface area contributed by atoms with Crippen LogP contribution in [0.4, 0.5) is 4.39 Å². The first-order valence-electron chi connectivity index (χ1n) is 5.09. The van der Waals surface area contributed by atoms with E-state index in [9.17, 15) is 9.50 Å². The van der Waals surface area contributed by atoms with Gasteiger partial charge in [-0.1, -0.05) is 28.1 Å². The molecule has 0 unspecified atom stereocenters. The lowest BCUT2D eigenvalue weighted by molar-refractivity contribution is 0.0406. The third kappa shape index (κ3) is 1.72. The minimum absolute atomic E-state index is 0.0325. The molecule has 1 N–H and O–H groups in total. The molecule has 0 aromatic heterocycles. The molecule has 1 aliphatic carbocycles. The minimum Gasteiger partial charge on any atom is -0.395 e. The van der Waals surface area contributed by atoms with Crippen LogP contribution in [0, 0.1) is 6.92 Å². The van der Waals surface area contributed by atoms with Crippen LogP contribution in [-0.2, 0) is 5.41 Å². The largest absolute Gasteiger partial charge is 0.395 e. The molecule has 0 bridgehead atoms. The van der Waals surface area contributed by atoms with Gasteiger partial charge in [0.1, 0.15) is 6.17 Å². The smallest absolute Gasteiger partial charge is 0.102 e. The van der Waals surface area contributed by atoms with Gasteiger partial charge in [-0.2, -0.15) is 0 Å². The average Bonchev–Trinajstić information content (AvgIpc) is 2.17. The minimum atomic E-state index is -0.754. The highest BCUT2D eigenvalue weighted by Gasteiger charge is 2.46. The summed E-state index contributed by atoms with van der Waals surface area (Å²) >= 11 is 3.46. The lowest BCUT2D eigenvalue weighted by atomic mass is 9.63. The van der Waals surface area contributed by atoms with E-state index in [2.05, 4.69) is 15.9 Å². The highest BCUT2D eigenvalue weighted by molar-refractivity contribution is 9.10. The van der Waals surface area contributed by atoms with Crippen LogP contribution in [-0.4, -0.2) is 17.9 Å². The molecule has 0 saturated heterocycles. The van der Waals surface area contributed by atoms with E-state index in [1.807, 2.05) is 25.1 Å². The van der Waals surface area contributed by atoms with Crippen LogP contribution in [0.1, 0.15) is 24.0 Å². The zero-order valence-electron chi connectivity index (χ0n) is 8.63. The predicted octanol–water partition coefficient (Wildman–Crippen LogP) is 3.12. The fourth-order valence-corrected chi connectivity index (χ4v) is 2.77. The Morgan fingerprint density at radius 1 is 1.53 bits per heavy atom. The maximum atomic E-state index is 13.0. The number of halogens is 2. The van der Waals surface area contributed by atoms with Crippen molar-refractivity contribution in [3.05, 3.63) is 33.8 Å². The molecule has 3 heteroatoms. The number of rotatable bonds is 2. The lowest BCUT2D eigenvalue weighted by Gasteiger charge is -2.44. The molecule has 0 heterocycles. The van der Waals surface area contributed by atoms with E-state index in [0.29, 0.717) is 12.8 Å². The van der Waals surface area contributed by atoms with Crippen LogP contribution in [0.5, 0.6) is 0 Å². The average molecular weight is 273 g/mol. The highest BCUT2D eigenvalue weighted by atomic mass is 79.9. The van der Waals surface area contributed by atoms with Gasteiger partial charge < -0.3 is 5.11 Å². The Bertz CT molecular complexity index is 372. The van der Waals surface area contributed by atoms with Crippen LogP contribution >= 0.6 is 15.9 Å². The Morgan fingerprint density at radius 3 is 2.73 bits per heavy atom. The van der Waals surface area contributed by atoms with Crippen molar-refractivity contribution in [3.63, 3.8) is 0 Å². The Labute approximate surface area is 97.4 Å². The molecular weight excluding hydrogens is 259 g/mol. The molecule has 2 rings (SSSR count). The summed E-state index contributed by atoms with van der Waals surface area (Å²) in [4.78, 5) is 0. The topological polar surface area (TPSA) is 20.2 Å². The molecule has 82 valence electrons. The number of hydrogen-bond donors (Lipinski definition) is 1. The zero-order chi connectivity index (χ0) is 11.1. The number of alkyl halides is 1. The van der Waals surface area contributed by atoms with Crippen LogP contribution in [0.15, 0.2) is 22.7 Å².